The highest BCUT2D eigenvalue weighted by Gasteiger charge is 2.08. The number of amides is 1. The number of rotatable bonds is 6. The Morgan fingerprint density at radius 3 is 2.80 bits per heavy atom. The first-order valence-electron chi connectivity index (χ1n) is 6.78. The van der Waals surface area contributed by atoms with Crippen molar-refractivity contribution >= 4 is 23.1 Å². The Morgan fingerprint density at radius 2 is 2.15 bits per heavy atom. The van der Waals surface area contributed by atoms with Gasteiger partial charge in [-0.1, -0.05) is 6.92 Å². The van der Waals surface area contributed by atoms with Crippen LogP contribution in [0.5, 0.6) is 0 Å². The van der Waals surface area contributed by atoms with Crippen molar-refractivity contribution < 1.29 is 4.79 Å². The summed E-state index contributed by atoms with van der Waals surface area (Å²) in [7, 11) is 0. The van der Waals surface area contributed by atoms with Crippen LogP contribution in [0.4, 0.5) is 5.82 Å². The molecule has 2 heterocycles. The number of nitrogens with one attached hydrogen (secondary N) is 2. The van der Waals surface area contributed by atoms with E-state index in [1.54, 1.807) is 23.6 Å². The van der Waals surface area contributed by atoms with E-state index in [9.17, 15) is 4.79 Å². The molecular weight excluding hydrogens is 270 g/mol. The van der Waals surface area contributed by atoms with Crippen molar-refractivity contribution in [2.45, 2.75) is 26.8 Å². The van der Waals surface area contributed by atoms with Crippen LogP contribution in [0.25, 0.3) is 0 Å². The molecule has 0 fully saturated rings. The van der Waals surface area contributed by atoms with Gasteiger partial charge in [-0.25, -0.2) is 4.98 Å². The standard InChI is InChI=1S/C15H19N3OS/c1-3-11-7-8-20-13(11)10-18-15(19)12-5-6-14(16-4-2)17-9-12/h5-9H,3-4,10H2,1-2H3,(H,16,17)(H,18,19). The lowest BCUT2D eigenvalue weighted by molar-refractivity contribution is 0.0951. The van der Waals surface area contributed by atoms with Crippen molar-refractivity contribution in [1.82, 2.24) is 10.3 Å². The molecule has 5 heteroatoms. The molecule has 0 aliphatic rings. The Balaban J connectivity index is 1.94. The number of thiophene rings is 1. The fourth-order valence-electron chi connectivity index (χ4n) is 1.91. The number of aromatic nitrogens is 1. The smallest absolute Gasteiger partial charge is 0.253 e. The highest BCUT2D eigenvalue weighted by molar-refractivity contribution is 7.10. The molecule has 0 atom stereocenters. The van der Waals surface area contributed by atoms with Crippen molar-refractivity contribution in [2.75, 3.05) is 11.9 Å². The fraction of sp³-hybridized carbons (Fsp3) is 0.333. The maximum Gasteiger partial charge on any atom is 0.253 e. The predicted molar refractivity (Wildman–Crippen MR) is 83.3 cm³/mol. The molecule has 106 valence electrons. The van der Waals surface area contributed by atoms with Crippen molar-refractivity contribution in [1.29, 1.82) is 0 Å². The number of carbonyl (C=O) groups excluding carboxylic acids is 1. The van der Waals surface area contributed by atoms with Gasteiger partial charge in [0.05, 0.1) is 12.1 Å². The van der Waals surface area contributed by atoms with Gasteiger partial charge in [-0.15, -0.1) is 11.3 Å². The van der Waals surface area contributed by atoms with Crippen molar-refractivity contribution in [3.8, 4) is 0 Å². The Bertz CT molecular complexity index is 563. The average Bonchev–Trinajstić information content (AvgIpc) is 2.93. The lowest BCUT2D eigenvalue weighted by Gasteiger charge is -2.06. The first-order valence-corrected chi connectivity index (χ1v) is 7.66. The van der Waals surface area contributed by atoms with Crippen LogP contribution in [0.3, 0.4) is 0 Å². The molecule has 2 rings (SSSR count). The van der Waals surface area contributed by atoms with Gasteiger partial charge < -0.3 is 10.6 Å². The van der Waals surface area contributed by atoms with Crippen molar-refractivity contribution in [3.05, 3.63) is 45.8 Å². The summed E-state index contributed by atoms with van der Waals surface area (Å²) in [6.45, 7) is 5.52. The summed E-state index contributed by atoms with van der Waals surface area (Å²) < 4.78 is 0. The molecule has 0 saturated heterocycles. The summed E-state index contributed by atoms with van der Waals surface area (Å²) in [5.74, 6) is 0.701. The number of carbonyl (C=O) groups is 1. The van der Waals surface area contributed by atoms with E-state index in [0.29, 0.717) is 12.1 Å². The largest absolute Gasteiger partial charge is 0.370 e. The Kier molecular flexibility index (Phi) is 5.12. The van der Waals surface area contributed by atoms with Crippen molar-refractivity contribution in [3.63, 3.8) is 0 Å². The molecule has 0 bridgehead atoms. The second-order valence-electron chi connectivity index (χ2n) is 4.37. The molecule has 0 aliphatic carbocycles. The highest BCUT2D eigenvalue weighted by Crippen LogP contribution is 2.17. The number of pyridine rings is 1. The van der Waals surface area contributed by atoms with E-state index in [4.69, 9.17) is 0 Å². The maximum atomic E-state index is 12.0. The minimum Gasteiger partial charge on any atom is -0.370 e. The first-order chi connectivity index (χ1) is 9.74. The first kappa shape index (κ1) is 14.5. The number of hydrogen-bond donors (Lipinski definition) is 2. The topological polar surface area (TPSA) is 54.0 Å². The van der Waals surface area contributed by atoms with E-state index in [2.05, 4.69) is 34.0 Å². The van der Waals surface area contributed by atoms with E-state index < -0.39 is 0 Å². The van der Waals surface area contributed by atoms with E-state index in [-0.39, 0.29) is 5.91 Å². The van der Waals surface area contributed by atoms with Gasteiger partial charge in [0.25, 0.3) is 5.91 Å². The number of hydrogen-bond acceptors (Lipinski definition) is 4. The average molecular weight is 289 g/mol. The Morgan fingerprint density at radius 1 is 1.30 bits per heavy atom. The van der Waals surface area contributed by atoms with Crippen LogP contribution in [-0.2, 0) is 13.0 Å². The highest BCUT2D eigenvalue weighted by atomic mass is 32.1. The minimum absolute atomic E-state index is 0.0870. The lowest BCUT2D eigenvalue weighted by Crippen LogP contribution is -2.23. The van der Waals surface area contributed by atoms with E-state index >= 15 is 0 Å². The molecule has 2 aromatic rings. The molecule has 0 saturated carbocycles. The number of nitrogens with zero attached hydrogens (tertiary/aromatic N) is 1. The lowest BCUT2D eigenvalue weighted by atomic mass is 10.2. The summed E-state index contributed by atoms with van der Waals surface area (Å²) in [5.41, 5.74) is 1.89. The van der Waals surface area contributed by atoms with Crippen LogP contribution < -0.4 is 10.6 Å². The van der Waals surface area contributed by atoms with Crippen LogP contribution >= 0.6 is 11.3 Å². The van der Waals surface area contributed by atoms with Crippen LogP contribution in [0.1, 0.15) is 34.6 Å². The number of aryl methyl sites for hydroxylation is 1. The second-order valence-corrected chi connectivity index (χ2v) is 5.37. The molecular formula is C15H19N3OS. The van der Waals surface area contributed by atoms with E-state index in [0.717, 1.165) is 18.8 Å². The van der Waals surface area contributed by atoms with Gasteiger partial charge in [-0.2, -0.15) is 0 Å². The van der Waals surface area contributed by atoms with Gasteiger partial charge in [0.15, 0.2) is 0 Å². The third kappa shape index (κ3) is 3.57. The zero-order valence-corrected chi connectivity index (χ0v) is 12.6. The van der Waals surface area contributed by atoms with Gasteiger partial charge in [-0.05, 0) is 42.5 Å². The third-order valence-electron chi connectivity index (χ3n) is 3.01. The molecule has 1 amide bonds. The quantitative estimate of drug-likeness (QED) is 0.859. The molecule has 0 unspecified atom stereocenters. The summed E-state index contributed by atoms with van der Waals surface area (Å²) in [6.07, 6.45) is 2.59. The zero-order chi connectivity index (χ0) is 14.4. The SMILES string of the molecule is CCNc1ccc(C(=O)NCc2sccc2CC)cn1. The molecule has 0 spiro atoms. The Hall–Kier alpha value is -1.88. The third-order valence-corrected chi connectivity index (χ3v) is 3.97. The number of anilines is 1. The van der Waals surface area contributed by atoms with Gasteiger partial charge >= 0.3 is 0 Å². The van der Waals surface area contributed by atoms with Gasteiger partial charge in [-0.3, -0.25) is 4.79 Å². The summed E-state index contributed by atoms with van der Waals surface area (Å²) >= 11 is 1.68. The predicted octanol–water partition coefficient (Wildman–Crippen LogP) is 3.07. The van der Waals surface area contributed by atoms with Gasteiger partial charge in [0.2, 0.25) is 0 Å². The van der Waals surface area contributed by atoms with E-state index in [1.165, 1.54) is 10.4 Å². The molecule has 2 aromatic heterocycles. The van der Waals surface area contributed by atoms with Crippen LogP contribution in [0, 0.1) is 0 Å². The maximum absolute atomic E-state index is 12.0. The van der Waals surface area contributed by atoms with Gasteiger partial charge in [0, 0.05) is 17.6 Å². The zero-order valence-electron chi connectivity index (χ0n) is 11.8. The second kappa shape index (κ2) is 7.05. The molecule has 0 aromatic carbocycles. The monoisotopic (exact) mass is 289 g/mol. The van der Waals surface area contributed by atoms with Crippen LogP contribution in [0.2, 0.25) is 0 Å². The van der Waals surface area contributed by atoms with Crippen LogP contribution in [0.15, 0.2) is 29.8 Å². The minimum atomic E-state index is -0.0870. The molecule has 20 heavy (non-hydrogen) atoms. The van der Waals surface area contributed by atoms with E-state index in [1.807, 2.05) is 13.0 Å². The molecule has 2 N–H and O–H groups in total. The molecule has 4 nitrogen and oxygen atoms in total. The molecule has 0 radical (unpaired) electrons. The Labute approximate surface area is 123 Å². The normalized spacial score (nSPS) is 10.3. The summed E-state index contributed by atoms with van der Waals surface area (Å²) in [4.78, 5) is 17.5. The van der Waals surface area contributed by atoms with Gasteiger partial charge in [0.1, 0.15) is 5.82 Å². The fourth-order valence-corrected chi connectivity index (χ4v) is 2.83. The van der Waals surface area contributed by atoms with Crippen molar-refractivity contribution in [2.24, 2.45) is 0 Å². The summed E-state index contributed by atoms with van der Waals surface area (Å²) in [5, 5.41) is 8.10. The molecule has 0 aliphatic heterocycles. The van der Waals surface area contributed by atoms with Crippen LogP contribution in [-0.4, -0.2) is 17.4 Å². The summed E-state index contributed by atoms with van der Waals surface area (Å²) in [6, 6.07) is 5.72.